The fourth-order valence-electron chi connectivity index (χ4n) is 4.79. The molecule has 1 saturated heterocycles. The molecule has 7 heteroatoms. The lowest BCUT2D eigenvalue weighted by Crippen LogP contribution is -2.45. The Bertz CT molecular complexity index is 1290. The number of methoxy groups -OCH3 is 1. The Morgan fingerprint density at radius 1 is 1.15 bits per heavy atom. The van der Waals surface area contributed by atoms with Gasteiger partial charge in [-0.05, 0) is 49.4 Å². The van der Waals surface area contributed by atoms with Crippen molar-refractivity contribution in [2.75, 3.05) is 13.7 Å². The van der Waals surface area contributed by atoms with Gasteiger partial charge in [-0.3, -0.25) is 9.69 Å². The molecular weight excluding hydrogens is 444 g/mol. The number of likely N-dealkylation sites (tertiary alicyclic amines) is 1. The quantitative estimate of drug-likeness (QED) is 0.395. The summed E-state index contributed by atoms with van der Waals surface area (Å²) in [6.07, 6.45) is 0.786. The Morgan fingerprint density at radius 2 is 1.91 bits per heavy atom. The molecule has 3 aromatic carbocycles. The first-order valence-electron chi connectivity index (χ1n) is 11.7. The highest BCUT2D eigenvalue weighted by atomic mass is 32.2. The maximum atomic E-state index is 13.2. The molecule has 2 atom stereocenters. The van der Waals surface area contributed by atoms with E-state index in [0.717, 1.165) is 40.3 Å². The number of nitrogens with one attached hydrogen (secondary N) is 2. The van der Waals surface area contributed by atoms with Crippen LogP contribution in [0.3, 0.4) is 0 Å². The number of rotatable bonds is 7. The molecule has 176 valence electrons. The van der Waals surface area contributed by atoms with Crippen LogP contribution in [0.15, 0.2) is 65.8 Å². The second kappa shape index (κ2) is 9.68. The van der Waals surface area contributed by atoms with Crippen LogP contribution in [0.2, 0.25) is 0 Å². The number of fused-ring (bicyclic) bond motifs is 2. The molecule has 2 N–H and O–H groups in total. The molecule has 2 heterocycles. The van der Waals surface area contributed by atoms with Crippen molar-refractivity contribution in [2.24, 2.45) is 0 Å². The Labute approximate surface area is 204 Å². The molecule has 5 rings (SSSR count). The van der Waals surface area contributed by atoms with Crippen LogP contribution < -0.4 is 10.1 Å². The minimum atomic E-state index is -0.176. The highest BCUT2D eigenvalue weighted by Gasteiger charge is 2.38. The summed E-state index contributed by atoms with van der Waals surface area (Å²) in [7, 11) is 1.70. The summed E-state index contributed by atoms with van der Waals surface area (Å²) in [6, 6.07) is 20.5. The normalized spacial score (nSPS) is 18.7. The van der Waals surface area contributed by atoms with Crippen molar-refractivity contribution in [1.29, 1.82) is 0 Å². The van der Waals surface area contributed by atoms with E-state index in [0.29, 0.717) is 6.54 Å². The average Bonchev–Trinajstić information content (AvgIpc) is 3.42. The molecule has 6 nitrogen and oxygen atoms in total. The molecule has 0 saturated carbocycles. The first-order valence-corrected chi connectivity index (χ1v) is 12.6. The number of carbonyl (C=O) groups is 1. The topological polar surface area (TPSA) is 70.2 Å². The Hall–Kier alpha value is -3.03. The van der Waals surface area contributed by atoms with Crippen LogP contribution in [0.4, 0.5) is 0 Å². The smallest absolute Gasteiger partial charge is 0.237 e. The largest absolute Gasteiger partial charge is 0.496 e. The highest BCUT2D eigenvalue weighted by Crippen LogP contribution is 2.35. The maximum Gasteiger partial charge on any atom is 0.237 e. The number of carbonyl (C=O) groups excluding carboxylic acids is 1. The molecule has 0 radical (unpaired) electrons. The summed E-state index contributed by atoms with van der Waals surface area (Å²) in [4.78, 5) is 23.6. The zero-order valence-electron chi connectivity index (χ0n) is 19.7. The van der Waals surface area contributed by atoms with Gasteiger partial charge >= 0.3 is 0 Å². The van der Waals surface area contributed by atoms with Gasteiger partial charge in [0.2, 0.25) is 5.91 Å². The molecule has 0 unspecified atom stereocenters. The predicted molar refractivity (Wildman–Crippen MR) is 138 cm³/mol. The number of hydrogen-bond acceptors (Lipinski definition) is 5. The SMILES string of the molecule is COc1ccc(CN2C[C@H](Sc3nc4ccccc4[nH]3)C[C@H]2C(=O)NC(C)C)c2ccccc12. The fourth-order valence-corrected chi connectivity index (χ4v) is 5.97. The first-order chi connectivity index (χ1) is 16.5. The van der Waals surface area contributed by atoms with Gasteiger partial charge < -0.3 is 15.0 Å². The lowest BCUT2D eigenvalue weighted by Gasteiger charge is -2.25. The van der Waals surface area contributed by atoms with Crippen LogP contribution in [0.5, 0.6) is 5.75 Å². The van der Waals surface area contributed by atoms with E-state index in [1.54, 1.807) is 18.9 Å². The van der Waals surface area contributed by atoms with Crippen LogP contribution in [0.25, 0.3) is 21.8 Å². The zero-order valence-corrected chi connectivity index (χ0v) is 20.6. The Balaban J connectivity index is 1.41. The van der Waals surface area contributed by atoms with Gasteiger partial charge in [0.05, 0.1) is 24.2 Å². The predicted octanol–water partition coefficient (Wildman–Crippen LogP) is 4.98. The second-order valence-electron chi connectivity index (χ2n) is 9.12. The molecule has 1 aliphatic rings. The van der Waals surface area contributed by atoms with Gasteiger partial charge in [-0.15, -0.1) is 0 Å². The number of aromatic amines is 1. The van der Waals surface area contributed by atoms with Crippen LogP contribution in [-0.4, -0.2) is 51.8 Å². The maximum absolute atomic E-state index is 13.2. The molecule has 1 aromatic heterocycles. The van der Waals surface area contributed by atoms with E-state index in [1.807, 2.05) is 50.2 Å². The van der Waals surface area contributed by atoms with Crippen molar-refractivity contribution in [3.63, 3.8) is 0 Å². The van der Waals surface area contributed by atoms with Gasteiger partial charge in [0, 0.05) is 29.8 Å². The summed E-state index contributed by atoms with van der Waals surface area (Å²) < 4.78 is 5.57. The average molecular weight is 475 g/mol. The summed E-state index contributed by atoms with van der Waals surface area (Å²) in [5.41, 5.74) is 3.21. The Kier molecular flexibility index (Phi) is 6.48. The van der Waals surface area contributed by atoms with Crippen LogP contribution in [0.1, 0.15) is 25.8 Å². The third-order valence-electron chi connectivity index (χ3n) is 6.31. The van der Waals surface area contributed by atoms with E-state index in [1.165, 1.54) is 10.9 Å². The van der Waals surface area contributed by atoms with E-state index in [-0.39, 0.29) is 23.2 Å². The van der Waals surface area contributed by atoms with Crippen molar-refractivity contribution in [3.8, 4) is 5.75 Å². The lowest BCUT2D eigenvalue weighted by molar-refractivity contribution is -0.126. The minimum Gasteiger partial charge on any atom is -0.496 e. The number of benzene rings is 3. The standard InChI is InChI=1S/C27H30N4O2S/c1-17(2)28-26(32)24-14-19(34-27-29-22-10-6-7-11-23(22)30-27)16-31(24)15-18-12-13-25(33-3)21-9-5-4-8-20(18)21/h4-13,17,19,24H,14-16H2,1-3H3,(H,28,32)(H,29,30)/t19-,24+/m1/s1. The first kappa shape index (κ1) is 22.7. The monoisotopic (exact) mass is 474 g/mol. The van der Waals surface area contributed by atoms with Gasteiger partial charge in [0.25, 0.3) is 0 Å². The number of aromatic nitrogens is 2. The number of imidazole rings is 1. The number of para-hydroxylation sites is 2. The number of amides is 1. The van der Waals surface area contributed by atoms with E-state index in [2.05, 4.69) is 39.5 Å². The fraction of sp³-hybridized carbons (Fsp3) is 0.333. The van der Waals surface area contributed by atoms with Gasteiger partial charge in [-0.1, -0.05) is 54.2 Å². The van der Waals surface area contributed by atoms with Crippen molar-refractivity contribution >= 4 is 39.5 Å². The molecule has 0 spiro atoms. The molecule has 1 amide bonds. The third kappa shape index (κ3) is 4.63. The van der Waals surface area contributed by atoms with Crippen molar-refractivity contribution in [1.82, 2.24) is 20.2 Å². The van der Waals surface area contributed by atoms with E-state index < -0.39 is 0 Å². The molecule has 4 aromatic rings. The van der Waals surface area contributed by atoms with Gasteiger partial charge in [0.15, 0.2) is 5.16 Å². The molecule has 1 fully saturated rings. The minimum absolute atomic E-state index is 0.0977. The summed E-state index contributed by atoms with van der Waals surface area (Å²) in [5.74, 6) is 0.966. The summed E-state index contributed by atoms with van der Waals surface area (Å²) in [5, 5.41) is 6.57. The molecule has 0 bridgehead atoms. The molecular formula is C27H30N4O2S. The Morgan fingerprint density at radius 3 is 2.68 bits per heavy atom. The summed E-state index contributed by atoms with van der Waals surface area (Å²) >= 11 is 1.73. The lowest BCUT2D eigenvalue weighted by atomic mass is 10.0. The van der Waals surface area contributed by atoms with Gasteiger partial charge in [-0.25, -0.2) is 4.98 Å². The number of nitrogens with zero attached hydrogens (tertiary/aromatic N) is 2. The highest BCUT2D eigenvalue weighted by molar-refractivity contribution is 7.99. The van der Waals surface area contributed by atoms with Gasteiger partial charge in [-0.2, -0.15) is 0 Å². The zero-order chi connectivity index (χ0) is 23.7. The number of H-pyrrole nitrogens is 1. The van der Waals surface area contributed by atoms with Crippen LogP contribution in [0, 0.1) is 0 Å². The molecule has 0 aliphatic carbocycles. The van der Waals surface area contributed by atoms with E-state index in [9.17, 15) is 4.79 Å². The van der Waals surface area contributed by atoms with E-state index >= 15 is 0 Å². The van der Waals surface area contributed by atoms with Crippen molar-refractivity contribution < 1.29 is 9.53 Å². The number of ether oxygens (including phenoxy) is 1. The second-order valence-corrected chi connectivity index (χ2v) is 10.4. The van der Waals surface area contributed by atoms with Crippen LogP contribution in [-0.2, 0) is 11.3 Å². The summed E-state index contributed by atoms with van der Waals surface area (Å²) in [6.45, 7) is 5.54. The van der Waals surface area contributed by atoms with Crippen molar-refractivity contribution in [2.45, 2.75) is 49.3 Å². The van der Waals surface area contributed by atoms with Crippen molar-refractivity contribution in [3.05, 3.63) is 66.2 Å². The van der Waals surface area contributed by atoms with Gasteiger partial charge in [0.1, 0.15) is 5.75 Å². The van der Waals surface area contributed by atoms with E-state index in [4.69, 9.17) is 9.72 Å². The third-order valence-corrected chi connectivity index (χ3v) is 7.40. The molecule has 1 aliphatic heterocycles. The molecule has 34 heavy (non-hydrogen) atoms. The van der Waals surface area contributed by atoms with Crippen LogP contribution >= 0.6 is 11.8 Å². The number of hydrogen-bond donors (Lipinski definition) is 2. The number of thioether (sulfide) groups is 1.